The molecule has 0 heterocycles. The first-order valence-corrected chi connectivity index (χ1v) is 8.31. The Kier molecular flexibility index (Phi) is 6.59. The van der Waals surface area contributed by atoms with Crippen LogP contribution in [0.15, 0.2) is 36.4 Å². The molecule has 0 spiro atoms. The van der Waals surface area contributed by atoms with E-state index in [1.165, 1.54) is 32.4 Å². The Morgan fingerprint density at radius 2 is 1.93 bits per heavy atom. The summed E-state index contributed by atoms with van der Waals surface area (Å²) in [5.41, 5.74) is 0.0174. The van der Waals surface area contributed by atoms with E-state index in [-0.39, 0.29) is 22.8 Å². The van der Waals surface area contributed by atoms with Gasteiger partial charge in [-0.1, -0.05) is 23.2 Å². The number of benzene rings is 2. The number of rotatable bonds is 6. The van der Waals surface area contributed by atoms with Crippen molar-refractivity contribution in [1.82, 2.24) is 4.90 Å². The number of carbonyl (C=O) groups is 2. The van der Waals surface area contributed by atoms with E-state index < -0.39 is 16.7 Å². The lowest BCUT2D eigenvalue weighted by atomic mass is 10.2. The smallest absolute Gasteiger partial charge is 0.288 e. The highest BCUT2D eigenvalue weighted by molar-refractivity contribution is 6.32. The number of carbonyl (C=O) groups excluding carboxylic acids is 2. The summed E-state index contributed by atoms with van der Waals surface area (Å²) in [5.74, 6) is -0.645. The molecule has 10 heteroatoms. The summed E-state index contributed by atoms with van der Waals surface area (Å²) in [4.78, 5) is 36.1. The molecule has 0 radical (unpaired) electrons. The van der Waals surface area contributed by atoms with Crippen LogP contribution in [0.25, 0.3) is 0 Å². The minimum absolute atomic E-state index is 0.0433. The molecule has 0 unspecified atom stereocenters. The fraction of sp³-hybridized carbons (Fsp3) is 0.176. The summed E-state index contributed by atoms with van der Waals surface area (Å²) >= 11 is 11.6. The molecule has 0 aromatic heterocycles. The van der Waals surface area contributed by atoms with E-state index in [1.54, 1.807) is 12.1 Å². The van der Waals surface area contributed by atoms with Gasteiger partial charge in [-0.15, -0.1) is 0 Å². The quantitative estimate of drug-likeness (QED) is 0.577. The SMILES string of the molecule is COc1ccc(Cl)cc1NC(=O)CN(C)C(=O)c1ccc(Cl)c([N+](=O)[O-])c1. The molecule has 0 bridgehead atoms. The second kappa shape index (κ2) is 8.70. The molecule has 0 aliphatic rings. The van der Waals surface area contributed by atoms with Crippen LogP contribution in [0.1, 0.15) is 10.4 Å². The molecule has 0 saturated heterocycles. The normalized spacial score (nSPS) is 10.2. The first-order chi connectivity index (χ1) is 12.7. The van der Waals surface area contributed by atoms with Crippen LogP contribution in [0.5, 0.6) is 5.75 Å². The van der Waals surface area contributed by atoms with E-state index in [9.17, 15) is 19.7 Å². The van der Waals surface area contributed by atoms with Crippen LogP contribution in [0.3, 0.4) is 0 Å². The van der Waals surface area contributed by atoms with Crippen LogP contribution in [0.2, 0.25) is 10.0 Å². The zero-order chi connectivity index (χ0) is 20.1. The minimum atomic E-state index is -0.683. The number of hydrogen-bond donors (Lipinski definition) is 1. The van der Waals surface area contributed by atoms with Crippen LogP contribution in [0, 0.1) is 10.1 Å². The number of nitro groups is 1. The Morgan fingerprint density at radius 3 is 2.56 bits per heavy atom. The van der Waals surface area contributed by atoms with E-state index in [2.05, 4.69) is 5.32 Å². The molecule has 0 aliphatic carbocycles. The molecule has 142 valence electrons. The Morgan fingerprint density at radius 1 is 1.22 bits per heavy atom. The summed E-state index contributed by atoms with van der Waals surface area (Å²) in [7, 11) is 2.85. The van der Waals surface area contributed by atoms with Crippen LogP contribution >= 0.6 is 23.2 Å². The predicted molar refractivity (Wildman–Crippen MR) is 102 cm³/mol. The molecule has 2 amide bonds. The molecule has 27 heavy (non-hydrogen) atoms. The van der Waals surface area contributed by atoms with Crippen molar-refractivity contribution in [3.63, 3.8) is 0 Å². The lowest BCUT2D eigenvalue weighted by Crippen LogP contribution is -2.35. The van der Waals surface area contributed by atoms with Crippen molar-refractivity contribution >= 4 is 46.4 Å². The standard InChI is InChI=1S/C17H15Cl2N3O5/c1-21(17(24)10-3-5-12(19)14(7-10)22(25)26)9-16(23)20-13-8-11(18)4-6-15(13)27-2/h3-8H,9H2,1-2H3,(H,20,23). The first-order valence-electron chi connectivity index (χ1n) is 7.55. The molecular weight excluding hydrogens is 397 g/mol. The van der Waals surface area contributed by atoms with Crippen molar-refractivity contribution in [2.24, 2.45) is 0 Å². The molecule has 0 saturated carbocycles. The molecule has 2 rings (SSSR count). The fourth-order valence-corrected chi connectivity index (χ4v) is 2.62. The Hall–Kier alpha value is -2.84. The lowest BCUT2D eigenvalue weighted by Gasteiger charge is -2.17. The number of anilines is 1. The van der Waals surface area contributed by atoms with Crippen molar-refractivity contribution in [3.05, 3.63) is 62.1 Å². The molecule has 1 N–H and O–H groups in total. The molecule has 2 aromatic carbocycles. The summed E-state index contributed by atoms with van der Waals surface area (Å²) in [5, 5.41) is 13.9. The predicted octanol–water partition coefficient (Wildman–Crippen LogP) is 3.62. The van der Waals surface area contributed by atoms with Gasteiger partial charge in [0.1, 0.15) is 10.8 Å². The number of nitrogens with one attached hydrogen (secondary N) is 1. The third-order valence-electron chi connectivity index (χ3n) is 3.55. The molecule has 0 aliphatic heterocycles. The van der Waals surface area contributed by atoms with Crippen molar-refractivity contribution in [2.75, 3.05) is 26.0 Å². The highest BCUT2D eigenvalue weighted by Gasteiger charge is 2.20. The number of amides is 2. The van der Waals surface area contributed by atoms with E-state index in [0.717, 1.165) is 11.0 Å². The number of hydrogen-bond acceptors (Lipinski definition) is 5. The molecule has 2 aromatic rings. The first kappa shape index (κ1) is 20.5. The van der Waals surface area contributed by atoms with E-state index >= 15 is 0 Å². The average Bonchev–Trinajstić information content (AvgIpc) is 2.61. The Labute approximate surface area is 164 Å². The summed E-state index contributed by atoms with van der Waals surface area (Å²) in [6, 6.07) is 8.41. The van der Waals surface area contributed by atoms with Crippen molar-refractivity contribution in [2.45, 2.75) is 0 Å². The zero-order valence-corrected chi connectivity index (χ0v) is 15.9. The van der Waals surface area contributed by atoms with Crippen LogP contribution in [0.4, 0.5) is 11.4 Å². The van der Waals surface area contributed by atoms with Gasteiger partial charge in [0.05, 0.1) is 24.3 Å². The monoisotopic (exact) mass is 411 g/mol. The van der Waals surface area contributed by atoms with Gasteiger partial charge in [-0.25, -0.2) is 0 Å². The van der Waals surface area contributed by atoms with Gasteiger partial charge in [-0.05, 0) is 30.3 Å². The molecular formula is C17H15Cl2N3O5. The second-order valence-corrected chi connectivity index (χ2v) is 6.32. The highest BCUT2D eigenvalue weighted by atomic mass is 35.5. The van der Waals surface area contributed by atoms with E-state index in [4.69, 9.17) is 27.9 Å². The number of nitro benzene ring substituents is 1. The van der Waals surface area contributed by atoms with Crippen LogP contribution in [-0.4, -0.2) is 42.3 Å². The maximum absolute atomic E-state index is 12.4. The number of nitrogens with zero attached hydrogens (tertiary/aromatic N) is 2. The van der Waals surface area contributed by atoms with Gasteiger partial charge in [0.2, 0.25) is 5.91 Å². The number of likely N-dealkylation sites (N-methyl/N-ethyl adjacent to an activating group) is 1. The third-order valence-corrected chi connectivity index (χ3v) is 4.11. The Bertz CT molecular complexity index is 904. The van der Waals surface area contributed by atoms with Crippen molar-refractivity contribution < 1.29 is 19.2 Å². The van der Waals surface area contributed by atoms with E-state index in [1.807, 2.05) is 0 Å². The van der Waals surface area contributed by atoms with Gasteiger partial charge in [-0.2, -0.15) is 0 Å². The largest absolute Gasteiger partial charge is 0.495 e. The number of halogens is 2. The fourth-order valence-electron chi connectivity index (χ4n) is 2.26. The summed E-state index contributed by atoms with van der Waals surface area (Å²) in [6.45, 7) is -0.287. The van der Waals surface area contributed by atoms with Gasteiger partial charge in [0.15, 0.2) is 0 Å². The van der Waals surface area contributed by atoms with Gasteiger partial charge >= 0.3 is 0 Å². The summed E-state index contributed by atoms with van der Waals surface area (Å²) < 4.78 is 5.14. The van der Waals surface area contributed by atoms with Gasteiger partial charge in [0.25, 0.3) is 11.6 Å². The average molecular weight is 412 g/mol. The lowest BCUT2D eigenvalue weighted by molar-refractivity contribution is -0.384. The van der Waals surface area contributed by atoms with Crippen LogP contribution < -0.4 is 10.1 Å². The minimum Gasteiger partial charge on any atom is -0.495 e. The number of methoxy groups -OCH3 is 1. The third kappa shape index (κ3) is 5.08. The van der Waals surface area contributed by atoms with Gasteiger partial charge in [-0.3, -0.25) is 19.7 Å². The molecule has 0 fully saturated rings. The van der Waals surface area contributed by atoms with Gasteiger partial charge < -0.3 is 15.0 Å². The topological polar surface area (TPSA) is 102 Å². The second-order valence-electron chi connectivity index (χ2n) is 5.48. The summed E-state index contributed by atoms with van der Waals surface area (Å²) in [6.07, 6.45) is 0. The molecule has 8 nitrogen and oxygen atoms in total. The van der Waals surface area contributed by atoms with Crippen molar-refractivity contribution in [1.29, 1.82) is 0 Å². The van der Waals surface area contributed by atoms with Gasteiger partial charge in [0, 0.05) is 23.7 Å². The Balaban J connectivity index is 2.10. The maximum Gasteiger partial charge on any atom is 0.288 e. The zero-order valence-electron chi connectivity index (χ0n) is 14.4. The van der Waals surface area contributed by atoms with E-state index in [0.29, 0.717) is 16.5 Å². The van der Waals surface area contributed by atoms with Crippen molar-refractivity contribution in [3.8, 4) is 5.75 Å². The number of ether oxygens (including phenoxy) is 1. The molecule has 0 atom stereocenters. The highest BCUT2D eigenvalue weighted by Crippen LogP contribution is 2.28. The maximum atomic E-state index is 12.4. The van der Waals surface area contributed by atoms with Crippen LogP contribution in [-0.2, 0) is 4.79 Å².